The summed E-state index contributed by atoms with van der Waals surface area (Å²) in [5.74, 6) is -1.99. The van der Waals surface area contributed by atoms with Crippen molar-refractivity contribution in [1.82, 2.24) is 5.32 Å². The summed E-state index contributed by atoms with van der Waals surface area (Å²) in [5, 5.41) is 5.10. The molecule has 0 saturated carbocycles. The molecule has 3 rings (SSSR count). The highest BCUT2D eigenvalue weighted by Gasteiger charge is 2.27. The minimum absolute atomic E-state index is 0.0141. The highest BCUT2D eigenvalue weighted by molar-refractivity contribution is 7.90. The number of nitrogens with zero attached hydrogens (tertiary/aromatic N) is 1. The molecule has 2 aromatic rings. The van der Waals surface area contributed by atoms with Crippen LogP contribution in [0.25, 0.3) is 0 Å². The second-order valence-corrected chi connectivity index (χ2v) is 11.2. The van der Waals surface area contributed by atoms with E-state index >= 15 is 0 Å². The molecule has 1 aliphatic rings. The zero-order valence-electron chi connectivity index (χ0n) is 17.4. The van der Waals surface area contributed by atoms with Gasteiger partial charge in [-0.05, 0) is 42.8 Å². The predicted molar refractivity (Wildman–Crippen MR) is 123 cm³/mol. The number of rotatable bonds is 7. The number of nitrogens with one attached hydrogen (secondary N) is 2. The minimum atomic E-state index is -3.57. The third-order valence-corrected chi connectivity index (χ3v) is 6.80. The maximum absolute atomic E-state index is 12.8. The van der Waals surface area contributed by atoms with Crippen LogP contribution >= 0.6 is 22.9 Å². The first kappa shape index (κ1) is 24.2. The monoisotopic (exact) mass is 499 g/mol. The Morgan fingerprint density at radius 3 is 2.62 bits per heavy atom. The normalized spacial score (nSPS) is 15.3. The summed E-state index contributed by atoms with van der Waals surface area (Å²) in [7, 11) is -3.57. The molecular formula is C20H22ClN3O6S2. The zero-order valence-corrected chi connectivity index (χ0v) is 19.8. The average molecular weight is 500 g/mol. The van der Waals surface area contributed by atoms with Crippen LogP contribution in [0.1, 0.15) is 15.2 Å². The summed E-state index contributed by atoms with van der Waals surface area (Å²) in [4.78, 5) is 39.2. The van der Waals surface area contributed by atoms with E-state index in [-0.39, 0.29) is 17.4 Å². The number of morpholine rings is 1. The van der Waals surface area contributed by atoms with Crippen molar-refractivity contribution in [3.05, 3.63) is 45.1 Å². The topological polar surface area (TPSA) is 122 Å². The lowest BCUT2D eigenvalue weighted by atomic mass is 10.1. The van der Waals surface area contributed by atoms with Crippen molar-refractivity contribution in [2.24, 2.45) is 0 Å². The van der Waals surface area contributed by atoms with E-state index in [1.165, 1.54) is 12.1 Å². The molecule has 3 amide bonds. The third kappa shape index (κ3) is 6.28. The van der Waals surface area contributed by atoms with Crippen molar-refractivity contribution in [3.63, 3.8) is 0 Å². The van der Waals surface area contributed by atoms with Crippen LogP contribution in [-0.4, -0.2) is 63.9 Å². The molecule has 0 aliphatic carbocycles. The molecule has 1 saturated heterocycles. The number of ether oxygens (including phenoxy) is 1. The number of thiophene rings is 1. The minimum Gasteiger partial charge on any atom is -0.370 e. The lowest BCUT2D eigenvalue weighted by Gasteiger charge is -2.28. The maximum Gasteiger partial charge on any atom is 0.262 e. The first-order valence-corrected chi connectivity index (χ1v) is 12.8. The third-order valence-electron chi connectivity index (χ3n) is 4.63. The highest BCUT2D eigenvalue weighted by atomic mass is 35.5. The van der Waals surface area contributed by atoms with Crippen LogP contribution in [0.3, 0.4) is 0 Å². The van der Waals surface area contributed by atoms with Gasteiger partial charge >= 0.3 is 0 Å². The summed E-state index contributed by atoms with van der Waals surface area (Å²) in [6.45, 7) is 2.68. The number of carbonyl (C=O) groups excluding carboxylic acids is 3. The second-order valence-electron chi connectivity index (χ2n) is 7.31. The van der Waals surface area contributed by atoms with Gasteiger partial charge in [0.25, 0.3) is 11.8 Å². The van der Waals surface area contributed by atoms with Crippen LogP contribution in [0, 0.1) is 6.92 Å². The maximum atomic E-state index is 12.8. The molecule has 9 nitrogen and oxygen atoms in total. The lowest BCUT2D eigenvalue weighted by Crippen LogP contribution is -2.47. The van der Waals surface area contributed by atoms with E-state index in [0.717, 1.165) is 23.2 Å². The average Bonchev–Trinajstić information content (AvgIpc) is 3.14. The molecule has 1 aromatic carbocycles. The molecule has 172 valence electrons. The van der Waals surface area contributed by atoms with Gasteiger partial charge in [-0.15, -0.1) is 11.3 Å². The summed E-state index contributed by atoms with van der Waals surface area (Å²) >= 11 is 6.86. The van der Waals surface area contributed by atoms with Gasteiger partial charge in [-0.25, -0.2) is 8.42 Å². The van der Waals surface area contributed by atoms with E-state index in [9.17, 15) is 22.8 Å². The van der Waals surface area contributed by atoms with Gasteiger partial charge in [-0.3, -0.25) is 14.4 Å². The van der Waals surface area contributed by atoms with Crippen LogP contribution in [0.15, 0.2) is 30.3 Å². The van der Waals surface area contributed by atoms with Gasteiger partial charge in [-0.2, -0.15) is 0 Å². The fourth-order valence-electron chi connectivity index (χ4n) is 3.19. The van der Waals surface area contributed by atoms with Gasteiger partial charge < -0.3 is 20.3 Å². The number of hydrogen-bond acceptors (Lipinski definition) is 7. The van der Waals surface area contributed by atoms with Gasteiger partial charge in [0.15, 0.2) is 0 Å². The van der Waals surface area contributed by atoms with Crippen molar-refractivity contribution >= 4 is 61.9 Å². The molecule has 0 radical (unpaired) electrons. The van der Waals surface area contributed by atoms with Gasteiger partial charge in [0.2, 0.25) is 5.91 Å². The Kier molecular flexibility index (Phi) is 7.55. The van der Waals surface area contributed by atoms with Crippen molar-refractivity contribution in [2.45, 2.75) is 13.0 Å². The Balaban J connectivity index is 1.75. The lowest BCUT2D eigenvalue weighted by molar-refractivity contribution is -0.125. The molecule has 0 unspecified atom stereocenters. The summed E-state index contributed by atoms with van der Waals surface area (Å²) < 4.78 is 29.2. The van der Waals surface area contributed by atoms with E-state index in [0.29, 0.717) is 28.9 Å². The molecule has 0 spiro atoms. The summed E-state index contributed by atoms with van der Waals surface area (Å²) in [6.07, 6.45) is 0.986. The molecule has 32 heavy (non-hydrogen) atoms. The van der Waals surface area contributed by atoms with Crippen LogP contribution in [0.5, 0.6) is 0 Å². The van der Waals surface area contributed by atoms with Crippen LogP contribution in [-0.2, 0) is 24.2 Å². The molecule has 1 aromatic heterocycles. The van der Waals surface area contributed by atoms with Crippen molar-refractivity contribution in [1.29, 1.82) is 0 Å². The van der Waals surface area contributed by atoms with Crippen LogP contribution in [0.4, 0.5) is 11.4 Å². The van der Waals surface area contributed by atoms with Gasteiger partial charge in [0, 0.05) is 24.2 Å². The smallest absolute Gasteiger partial charge is 0.262 e. The molecular weight excluding hydrogens is 478 g/mol. The van der Waals surface area contributed by atoms with Crippen LogP contribution in [0.2, 0.25) is 4.34 Å². The van der Waals surface area contributed by atoms with Crippen LogP contribution < -0.4 is 15.5 Å². The summed E-state index contributed by atoms with van der Waals surface area (Å²) in [5.41, 5.74) is 1.85. The molecule has 2 N–H and O–H groups in total. The fourth-order valence-corrected chi connectivity index (χ4v) is 4.98. The van der Waals surface area contributed by atoms with Gasteiger partial charge in [0.1, 0.15) is 22.5 Å². The Bertz CT molecular complexity index is 1150. The Morgan fingerprint density at radius 1 is 1.28 bits per heavy atom. The molecule has 0 bridgehead atoms. The highest BCUT2D eigenvalue weighted by Crippen LogP contribution is 2.25. The number of aryl methyl sites for hydroxylation is 1. The number of amides is 3. The van der Waals surface area contributed by atoms with Crippen molar-refractivity contribution < 1.29 is 27.5 Å². The first-order chi connectivity index (χ1) is 15.0. The van der Waals surface area contributed by atoms with E-state index in [1.54, 1.807) is 30.0 Å². The molecule has 1 aliphatic heterocycles. The van der Waals surface area contributed by atoms with E-state index in [2.05, 4.69) is 10.6 Å². The number of halogens is 1. The Morgan fingerprint density at radius 2 is 2.03 bits per heavy atom. The van der Waals surface area contributed by atoms with Crippen molar-refractivity contribution in [2.75, 3.05) is 42.0 Å². The Labute approximate surface area is 194 Å². The number of benzene rings is 1. The number of sulfone groups is 1. The van der Waals surface area contributed by atoms with E-state index in [1.807, 2.05) is 0 Å². The fraction of sp³-hybridized carbons (Fsp3) is 0.350. The SMILES string of the molecule is Cc1cc(NC(=O)[C@@H](CS(C)(=O)=O)NC(=O)c2ccc(Cl)s2)ccc1N1CCOCC1=O. The predicted octanol–water partition coefficient (Wildman–Crippen LogP) is 1.85. The largest absolute Gasteiger partial charge is 0.370 e. The standard InChI is InChI=1S/C20H22ClN3O6S2/c1-12-9-13(3-4-15(12)24-7-8-30-10-18(24)25)22-19(26)14(11-32(2,28)29)23-20(27)16-5-6-17(21)31-16/h3-6,9,14H,7-8,10-11H2,1-2H3,(H,22,26)(H,23,27)/t14-/m1/s1. The number of anilines is 2. The van der Waals surface area contributed by atoms with Gasteiger partial charge in [0.05, 0.1) is 21.6 Å². The molecule has 12 heteroatoms. The van der Waals surface area contributed by atoms with Crippen molar-refractivity contribution in [3.8, 4) is 0 Å². The Hall–Kier alpha value is -2.47. The molecule has 2 heterocycles. The molecule has 1 fully saturated rings. The second kappa shape index (κ2) is 9.99. The van der Waals surface area contributed by atoms with E-state index < -0.39 is 33.4 Å². The zero-order chi connectivity index (χ0) is 23.5. The number of carbonyl (C=O) groups is 3. The van der Waals surface area contributed by atoms with Gasteiger partial charge in [-0.1, -0.05) is 11.6 Å². The first-order valence-electron chi connectivity index (χ1n) is 9.57. The quantitative estimate of drug-likeness (QED) is 0.599. The number of hydrogen-bond donors (Lipinski definition) is 2. The van der Waals surface area contributed by atoms with E-state index in [4.69, 9.17) is 16.3 Å². The summed E-state index contributed by atoms with van der Waals surface area (Å²) in [6, 6.07) is 6.71. The molecule has 1 atom stereocenters.